The summed E-state index contributed by atoms with van der Waals surface area (Å²) in [6, 6.07) is 17.9. The van der Waals surface area contributed by atoms with Crippen molar-refractivity contribution >= 4 is 39.2 Å². The number of amides is 1. The van der Waals surface area contributed by atoms with Crippen molar-refractivity contribution in [2.24, 2.45) is 5.10 Å². The Bertz CT molecular complexity index is 998. The molecule has 1 aromatic heterocycles. The summed E-state index contributed by atoms with van der Waals surface area (Å²) in [5, 5.41) is 5.80. The standard InChI is InChI=1S/C18H15N3O3S2/c22-18(20-19-13-16-5-4-12-25-16)14-8-10-15(11-9-14)21-26(23,24)17-6-2-1-3-7-17/h1-13,21H,(H,20,22)/b19-13-. The van der Waals surface area contributed by atoms with Crippen LogP contribution in [0.15, 0.2) is 82.1 Å². The minimum Gasteiger partial charge on any atom is -0.280 e. The van der Waals surface area contributed by atoms with Gasteiger partial charge in [-0.1, -0.05) is 24.3 Å². The van der Waals surface area contributed by atoms with E-state index in [9.17, 15) is 13.2 Å². The van der Waals surface area contributed by atoms with Gasteiger partial charge in [0.05, 0.1) is 11.1 Å². The number of hydrazone groups is 1. The molecule has 1 amide bonds. The third kappa shape index (κ3) is 4.56. The molecule has 0 aliphatic rings. The van der Waals surface area contributed by atoms with E-state index in [0.717, 1.165) is 4.88 Å². The molecule has 0 saturated heterocycles. The average Bonchev–Trinajstić information content (AvgIpc) is 3.16. The van der Waals surface area contributed by atoms with Crippen LogP contribution in [0.2, 0.25) is 0 Å². The number of carbonyl (C=O) groups is 1. The molecule has 0 radical (unpaired) electrons. The summed E-state index contributed by atoms with van der Waals surface area (Å²) >= 11 is 1.51. The van der Waals surface area contributed by atoms with Gasteiger partial charge in [0, 0.05) is 16.1 Å². The second-order valence-corrected chi connectivity index (χ2v) is 7.87. The molecule has 0 unspecified atom stereocenters. The Hall–Kier alpha value is -2.97. The molecule has 0 bridgehead atoms. The molecule has 0 saturated carbocycles. The van der Waals surface area contributed by atoms with E-state index in [1.165, 1.54) is 47.7 Å². The SMILES string of the molecule is O=C(N/N=C\c1cccs1)c1ccc(NS(=O)(=O)c2ccccc2)cc1. The highest BCUT2D eigenvalue weighted by atomic mass is 32.2. The molecular weight excluding hydrogens is 370 g/mol. The summed E-state index contributed by atoms with van der Waals surface area (Å²) < 4.78 is 27.0. The average molecular weight is 385 g/mol. The molecule has 0 atom stereocenters. The third-order valence-corrected chi connectivity index (χ3v) is 5.56. The van der Waals surface area contributed by atoms with Gasteiger partial charge in [0.2, 0.25) is 0 Å². The van der Waals surface area contributed by atoms with E-state index in [1.807, 2.05) is 17.5 Å². The van der Waals surface area contributed by atoms with Gasteiger partial charge < -0.3 is 0 Å². The van der Waals surface area contributed by atoms with Gasteiger partial charge in [-0.3, -0.25) is 9.52 Å². The summed E-state index contributed by atoms with van der Waals surface area (Å²) in [6.45, 7) is 0. The van der Waals surface area contributed by atoms with Crippen LogP contribution in [-0.2, 0) is 10.0 Å². The summed E-state index contributed by atoms with van der Waals surface area (Å²) in [6.07, 6.45) is 1.56. The van der Waals surface area contributed by atoms with E-state index in [-0.39, 0.29) is 10.8 Å². The van der Waals surface area contributed by atoms with Crippen molar-refractivity contribution in [2.45, 2.75) is 4.90 Å². The van der Waals surface area contributed by atoms with Crippen molar-refractivity contribution in [1.29, 1.82) is 0 Å². The van der Waals surface area contributed by atoms with Gasteiger partial charge in [0.1, 0.15) is 0 Å². The summed E-state index contributed by atoms with van der Waals surface area (Å²) in [7, 11) is -3.66. The Morgan fingerprint density at radius 1 is 0.962 bits per heavy atom. The van der Waals surface area contributed by atoms with Crippen molar-refractivity contribution in [3.8, 4) is 0 Å². The highest BCUT2D eigenvalue weighted by Gasteiger charge is 2.13. The van der Waals surface area contributed by atoms with Gasteiger partial charge in [-0.2, -0.15) is 5.10 Å². The van der Waals surface area contributed by atoms with Crippen LogP contribution in [0.25, 0.3) is 0 Å². The fourth-order valence-corrected chi connectivity index (χ4v) is 3.75. The van der Waals surface area contributed by atoms with Crippen LogP contribution < -0.4 is 10.1 Å². The lowest BCUT2D eigenvalue weighted by Gasteiger charge is -2.08. The zero-order valence-corrected chi connectivity index (χ0v) is 15.1. The molecule has 3 aromatic rings. The second kappa shape index (κ2) is 7.94. The van der Waals surface area contributed by atoms with Gasteiger partial charge >= 0.3 is 0 Å². The quantitative estimate of drug-likeness (QED) is 0.504. The van der Waals surface area contributed by atoms with Gasteiger partial charge in [0.25, 0.3) is 15.9 Å². The predicted molar refractivity (Wildman–Crippen MR) is 103 cm³/mol. The molecule has 0 spiro atoms. The van der Waals surface area contributed by atoms with Crippen LogP contribution in [0.1, 0.15) is 15.2 Å². The first-order valence-electron chi connectivity index (χ1n) is 7.59. The minimum absolute atomic E-state index is 0.171. The number of hydrogen-bond donors (Lipinski definition) is 2. The monoisotopic (exact) mass is 385 g/mol. The van der Waals surface area contributed by atoms with E-state index in [1.54, 1.807) is 24.4 Å². The Balaban J connectivity index is 1.64. The van der Waals surface area contributed by atoms with Gasteiger partial charge in [-0.15, -0.1) is 11.3 Å². The normalized spacial score (nSPS) is 11.4. The zero-order valence-electron chi connectivity index (χ0n) is 13.5. The van der Waals surface area contributed by atoms with Crippen molar-refractivity contribution in [3.63, 3.8) is 0 Å². The fraction of sp³-hybridized carbons (Fsp3) is 0. The smallest absolute Gasteiger partial charge is 0.271 e. The van der Waals surface area contributed by atoms with E-state index < -0.39 is 10.0 Å². The number of benzene rings is 2. The van der Waals surface area contributed by atoms with E-state index >= 15 is 0 Å². The van der Waals surface area contributed by atoms with Gasteiger partial charge in [-0.05, 0) is 47.8 Å². The maximum atomic E-state index is 12.3. The molecule has 0 aliphatic heterocycles. The lowest BCUT2D eigenvalue weighted by Crippen LogP contribution is -2.17. The minimum atomic E-state index is -3.66. The Morgan fingerprint density at radius 3 is 2.35 bits per heavy atom. The molecule has 132 valence electrons. The zero-order chi connectivity index (χ0) is 18.4. The topological polar surface area (TPSA) is 87.6 Å². The maximum absolute atomic E-state index is 12.3. The number of carbonyl (C=O) groups excluding carboxylic acids is 1. The number of thiophene rings is 1. The summed E-state index contributed by atoms with van der Waals surface area (Å²) in [4.78, 5) is 13.1. The predicted octanol–water partition coefficient (Wildman–Crippen LogP) is 3.31. The molecule has 2 N–H and O–H groups in total. The van der Waals surface area contributed by atoms with Crippen LogP contribution in [0, 0.1) is 0 Å². The number of nitrogens with zero attached hydrogens (tertiary/aromatic N) is 1. The fourth-order valence-electron chi connectivity index (χ4n) is 2.09. The number of nitrogens with one attached hydrogen (secondary N) is 2. The number of sulfonamides is 1. The van der Waals surface area contributed by atoms with Crippen molar-refractivity contribution in [2.75, 3.05) is 4.72 Å². The van der Waals surface area contributed by atoms with Crippen LogP contribution in [0.4, 0.5) is 5.69 Å². The second-order valence-electron chi connectivity index (χ2n) is 5.21. The highest BCUT2D eigenvalue weighted by molar-refractivity contribution is 7.92. The van der Waals surface area contributed by atoms with Crippen molar-refractivity contribution in [3.05, 3.63) is 82.6 Å². The highest BCUT2D eigenvalue weighted by Crippen LogP contribution is 2.16. The van der Waals surface area contributed by atoms with E-state index in [4.69, 9.17) is 0 Å². The first-order valence-corrected chi connectivity index (χ1v) is 9.96. The number of hydrogen-bond acceptors (Lipinski definition) is 5. The first kappa shape index (κ1) is 17.8. The van der Waals surface area contributed by atoms with E-state index in [2.05, 4.69) is 15.2 Å². The first-order chi connectivity index (χ1) is 12.5. The van der Waals surface area contributed by atoms with Crippen molar-refractivity contribution < 1.29 is 13.2 Å². The molecule has 8 heteroatoms. The van der Waals surface area contributed by atoms with Gasteiger partial charge in [0.15, 0.2) is 0 Å². The Kier molecular flexibility index (Phi) is 5.45. The van der Waals surface area contributed by atoms with Crippen LogP contribution >= 0.6 is 11.3 Å². The molecule has 26 heavy (non-hydrogen) atoms. The molecule has 1 heterocycles. The largest absolute Gasteiger partial charge is 0.280 e. The molecule has 0 fully saturated rings. The lowest BCUT2D eigenvalue weighted by molar-refractivity contribution is 0.0955. The molecule has 2 aromatic carbocycles. The van der Waals surface area contributed by atoms with Crippen LogP contribution in [-0.4, -0.2) is 20.5 Å². The molecular formula is C18H15N3O3S2. The third-order valence-electron chi connectivity index (χ3n) is 3.35. The van der Waals surface area contributed by atoms with Gasteiger partial charge in [-0.25, -0.2) is 13.8 Å². The van der Waals surface area contributed by atoms with E-state index in [0.29, 0.717) is 11.3 Å². The molecule has 3 rings (SSSR count). The molecule has 0 aliphatic carbocycles. The van der Waals surface area contributed by atoms with Crippen molar-refractivity contribution in [1.82, 2.24) is 5.43 Å². The number of rotatable bonds is 6. The Labute approximate surface area is 155 Å². The maximum Gasteiger partial charge on any atom is 0.271 e. The van der Waals surface area contributed by atoms with Crippen LogP contribution in [0.3, 0.4) is 0 Å². The summed E-state index contributed by atoms with van der Waals surface area (Å²) in [5.41, 5.74) is 3.17. The molecule has 6 nitrogen and oxygen atoms in total. The lowest BCUT2D eigenvalue weighted by atomic mass is 10.2. The number of anilines is 1. The van der Waals surface area contributed by atoms with Crippen LogP contribution in [0.5, 0.6) is 0 Å². The summed E-state index contributed by atoms with van der Waals surface area (Å²) in [5.74, 6) is -0.379. The Morgan fingerprint density at radius 2 is 1.69 bits per heavy atom.